The van der Waals surface area contributed by atoms with Crippen molar-refractivity contribution in [3.05, 3.63) is 29.8 Å². The first-order chi connectivity index (χ1) is 8.52. The molecule has 18 heavy (non-hydrogen) atoms. The lowest BCUT2D eigenvalue weighted by atomic mass is 10.3. The number of benzene rings is 1. The summed E-state index contributed by atoms with van der Waals surface area (Å²) < 4.78 is 25.5. The largest absolute Gasteiger partial charge is 0.391 e. The summed E-state index contributed by atoms with van der Waals surface area (Å²) in [6.07, 6.45) is 0.0126. The van der Waals surface area contributed by atoms with Gasteiger partial charge in [0.05, 0.1) is 11.9 Å². The highest BCUT2D eigenvalue weighted by atomic mass is 32.2. The third kappa shape index (κ3) is 5.01. The molecule has 0 aromatic heterocycles. The van der Waals surface area contributed by atoms with Crippen LogP contribution < -0.4 is 5.32 Å². The number of amides is 1. The van der Waals surface area contributed by atoms with Crippen molar-refractivity contribution in [2.75, 3.05) is 12.3 Å². The van der Waals surface area contributed by atoms with Gasteiger partial charge in [0, 0.05) is 11.4 Å². The molecule has 1 atom stereocenters. The van der Waals surface area contributed by atoms with Gasteiger partial charge in [0.25, 0.3) is 0 Å². The van der Waals surface area contributed by atoms with Crippen LogP contribution in [0.4, 0.5) is 8.78 Å². The monoisotopic (exact) mass is 275 g/mol. The lowest BCUT2D eigenvalue weighted by Gasteiger charge is -2.09. The van der Waals surface area contributed by atoms with Crippen LogP contribution >= 0.6 is 11.8 Å². The molecule has 0 saturated heterocycles. The molecule has 1 aromatic rings. The maximum atomic E-state index is 12.9. The molecular weight excluding hydrogens is 260 g/mol. The summed E-state index contributed by atoms with van der Waals surface area (Å²) >= 11 is 1.11. The first-order valence-electron chi connectivity index (χ1n) is 5.55. The van der Waals surface area contributed by atoms with Crippen LogP contribution in [-0.4, -0.2) is 29.4 Å². The van der Waals surface area contributed by atoms with E-state index in [1.807, 2.05) is 6.92 Å². The van der Waals surface area contributed by atoms with Crippen LogP contribution in [0.5, 0.6) is 0 Å². The number of halogens is 2. The molecule has 0 radical (unpaired) electrons. The number of carbonyl (C=O) groups excluding carboxylic acids is 1. The Bertz CT molecular complexity index is 415. The predicted octanol–water partition coefficient (Wildman–Crippen LogP) is 1.94. The van der Waals surface area contributed by atoms with E-state index in [0.29, 0.717) is 11.3 Å². The van der Waals surface area contributed by atoms with Crippen LogP contribution in [0.1, 0.15) is 13.3 Å². The van der Waals surface area contributed by atoms with Gasteiger partial charge in [0.1, 0.15) is 0 Å². The van der Waals surface area contributed by atoms with Gasteiger partial charge in [0.2, 0.25) is 5.91 Å². The molecule has 0 aliphatic rings. The van der Waals surface area contributed by atoms with Gasteiger partial charge in [-0.1, -0.05) is 6.92 Å². The molecule has 0 heterocycles. The molecule has 0 fully saturated rings. The number of hydrogen-bond donors (Lipinski definition) is 2. The van der Waals surface area contributed by atoms with E-state index in [-0.39, 0.29) is 18.2 Å². The Hall–Kier alpha value is -1.14. The SMILES string of the molecule is CCC(O)CNC(=O)CSc1ccc(F)c(F)c1. The molecule has 1 rings (SSSR count). The van der Waals surface area contributed by atoms with Gasteiger partial charge in [-0.25, -0.2) is 8.78 Å². The van der Waals surface area contributed by atoms with Crippen LogP contribution in [0.15, 0.2) is 23.1 Å². The van der Waals surface area contributed by atoms with Crippen LogP contribution in [0.2, 0.25) is 0 Å². The van der Waals surface area contributed by atoms with Crippen LogP contribution in [0.25, 0.3) is 0 Å². The van der Waals surface area contributed by atoms with E-state index in [0.717, 1.165) is 23.9 Å². The molecule has 0 saturated carbocycles. The molecule has 0 bridgehead atoms. The number of carbonyl (C=O) groups is 1. The molecule has 1 amide bonds. The average molecular weight is 275 g/mol. The summed E-state index contributed by atoms with van der Waals surface area (Å²) in [5.74, 6) is -1.99. The number of aliphatic hydroxyl groups is 1. The minimum atomic E-state index is -0.929. The van der Waals surface area contributed by atoms with Crippen molar-refractivity contribution in [1.29, 1.82) is 0 Å². The van der Waals surface area contributed by atoms with Crippen molar-refractivity contribution in [1.82, 2.24) is 5.32 Å². The smallest absolute Gasteiger partial charge is 0.230 e. The molecule has 3 nitrogen and oxygen atoms in total. The highest BCUT2D eigenvalue weighted by molar-refractivity contribution is 8.00. The van der Waals surface area contributed by atoms with Gasteiger partial charge >= 0.3 is 0 Å². The van der Waals surface area contributed by atoms with E-state index in [2.05, 4.69) is 5.32 Å². The Balaban J connectivity index is 2.36. The normalized spacial score (nSPS) is 12.2. The van der Waals surface area contributed by atoms with Crippen LogP contribution in [-0.2, 0) is 4.79 Å². The Kier molecular flexibility index (Phi) is 6.07. The van der Waals surface area contributed by atoms with Crippen molar-refractivity contribution in [3.63, 3.8) is 0 Å². The summed E-state index contributed by atoms with van der Waals surface area (Å²) in [5.41, 5.74) is 0. The highest BCUT2D eigenvalue weighted by Crippen LogP contribution is 2.19. The van der Waals surface area contributed by atoms with Crippen molar-refractivity contribution in [2.45, 2.75) is 24.3 Å². The Labute approximate surface area is 109 Å². The third-order valence-corrected chi connectivity index (χ3v) is 3.26. The maximum Gasteiger partial charge on any atom is 0.230 e. The van der Waals surface area contributed by atoms with Gasteiger partial charge in [-0.05, 0) is 24.6 Å². The zero-order chi connectivity index (χ0) is 13.5. The van der Waals surface area contributed by atoms with Gasteiger partial charge in [-0.3, -0.25) is 4.79 Å². The average Bonchev–Trinajstić information content (AvgIpc) is 2.37. The number of hydrogen-bond acceptors (Lipinski definition) is 3. The molecule has 0 aliphatic heterocycles. The quantitative estimate of drug-likeness (QED) is 0.780. The summed E-state index contributed by atoms with van der Waals surface area (Å²) in [7, 11) is 0. The summed E-state index contributed by atoms with van der Waals surface area (Å²) in [5, 5.41) is 11.8. The minimum Gasteiger partial charge on any atom is -0.391 e. The van der Waals surface area contributed by atoms with Crippen molar-refractivity contribution in [2.24, 2.45) is 0 Å². The van der Waals surface area contributed by atoms with E-state index in [1.165, 1.54) is 6.07 Å². The third-order valence-electron chi connectivity index (χ3n) is 2.27. The van der Waals surface area contributed by atoms with Gasteiger partial charge < -0.3 is 10.4 Å². The second-order valence-electron chi connectivity index (χ2n) is 3.73. The molecule has 1 unspecified atom stereocenters. The highest BCUT2D eigenvalue weighted by Gasteiger charge is 2.07. The fraction of sp³-hybridized carbons (Fsp3) is 0.417. The Morgan fingerprint density at radius 1 is 1.44 bits per heavy atom. The van der Waals surface area contributed by atoms with E-state index >= 15 is 0 Å². The van der Waals surface area contributed by atoms with Crippen molar-refractivity contribution in [3.8, 4) is 0 Å². The number of thioether (sulfide) groups is 1. The predicted molar refractivity (Wildman–Crippen MR) is 66.4 cm³/mol. The van der Waals surface area contributed by atoms with E-state index in [9.17, 15) is 18.7 Å². The van der Waals surface area contributed by atoms with E-state index < -0.39 is 17.7 Å². The molecule has 0 spiro atoms. The molecule has 1 aromatic carbocycles. The minimum absolute atomic E-state index is 0.0987. The van der Waals surface area contributed by atoms with Crippen molar-refractivity contribution < 1.29 is 18.7 Å². The Morgan fingerprint density at radius 2 is 2.17 bits per heavy atom. The first kappa shape index (κ1) is 14.9. The zero-order valence-electron chi connectivity index (χ0n) is 9.95. The Morgan fingerprint density at radius 3 is 2.78 bits per heavy atom. The summed E-state index contributed by atoms with van der Waals surface area (Å²) in [6.45, 7) is 2.01. The standard InChI is InChI=1S/C12H15F2NO2S/c1-2-8(16)6-15-12(17)7-18-9-3-4-10(13)11(14)5-9/h3-5,8,16H,2,6-7H2,1H3,(H,15,17). The fourth-order valence-electron chi connectivity index (χ4n) is 1.14. The lowest BCUT2D eigenvalue weighted by molar-refractivity contribution is -0.119. The second-order valence-corrected chi connectivity index (χ2v) is 4.78. The van der Waals surface area contributed by atoms with E-state index in [1.54, 1.807) is 0 Å². The summed E-state index contributed by atoms with van der Waals surface area (Å²) in [6, 6.07) is 3.49. The first-order valence-corrected chi connectivity index (χ1v) is 6.54. The zero-order valence-corrected chi connectivity index (χ0v) is 10.8. The molecule has 100 valence electrons. The molecular formula is C12H15F2NO2S. The van der Waals surface area contributed by atoms with Gasteiger partial charge in [-0.2, -0.15) is 0 Å². The number of rotatable bonds is 6. The lowest BCUT2D eigenvalue weighted by Crippen LogP contribution is -2.32. The maximum absolute atomic E-state index is 12.9. The van der Waals surface area contributed by atoms with Crippen LogP contribution in [0.3, 0.4) is 0 Å². The topological polar surface area (TPSA) is 49.3 Å². The fourth-order valence-corrected chi connectivity index (χ4v) is 1.89. The van der Waals surface area contributed by atoms with Crippen LogP contribution in [0, 0.1) is 11.6 Å². The molecule has 2 N–H and O–H groups in total. The van der Waals surface area contributed by atoms with E-state index in [4.69, 9.17) is 0 Å². The van der Waals surface area contributed by atoms with Crippen molar-refractivity contribution >= 4 is 17.7 Å². The second kappa shape index (κ2) is 7.33. The summed E-state index contributed by atoms with van der Waals surface area (Å²) in [4.78, 5) is 11.9. The van der Waals surface area contributed by atoms with Gasteiger partial charge in [0.15, 0.2) is 11.6 Å². The number of aliphatic hydroxyl groups excluding tert-OH is 1. The van der Waals surface area contributed by atoms with Gasteiger partial charge in [-0.15, -0.1) is 11.8 Å². The number of nitrogens with one attached hydrogen (secondary N) is 1. The molecule has 6 heteroatoms. The molecule has 0 aliphatic carbocycles.